The molecule has 0 aliphatic heterocycles. The van der Waals surface area contributed by atoms with Crippen LogP contribution in [0.4, 0.5) is 5.69 Å². The van der Waals surface area contributed by atoms with Gasteiger partial charge in [-0.2, -0.15) is 4.98 Å². The average molecular weight is 244 g/mol. The van der Waals surface area contributed by atoms with Crippen molar-refractivity contribution in [1.82, 2.24) is 15.2 Å². The smallest absolute Gasteiger partial charge is 0.335 e. The van der Waals surface area contributed by atoms with Gasteiger partial charge in [0.1, 0.15) is 0 Å². The molecule has 1 aromatic heterocycles. The van der Waals surface area contributed by atoms with Crippen molar-refractivity contribution >= 4 is 5.69 Å². The molecule has 1 aromatic carbocycles. The summed E-state index contributed by atoms with van der Waals surface area (Å²) in [6, 6.07) is 8.05. The van der Waals surface area contributed by atoms with Gasteiger partial charge in [0.05, 0.1) is 18.0 Å². The molecule has 0 atom stereocenters. The van der Waals surface area contributed by atoms with Gasteiger partial charge < -0.3 is 10.5 Å². The molecule has 0 radical (unpaired) electrons. The van der Waals surface area contributed by atoms with Crippen molar-refractivity contribution in [1.29, 1.82) is 0 Å². The van der Waals surface area contributed by atoms with Crippen molar-refractivity contribution in [2.24, 2.45) is 0 Å². The van der Waals surface area contributed by atoms with E-state index in [0.717, 1.165) is 29.1 Å². The van der Waals surface area contributed by atoms with Gasteiger partial charge >= 0.3 is 6.01 Å². The zero-order valence-corrected chi connectivity index (χ0v) is 10.6. The minimum atomic E-state index is 0.313. The summed E-state index contributed by atoms with van der Waals surface area (Å²) >= 11 is 0. The highest BCUT2D eigenvalue weighted by Gasteiger charge is 2.03. The van der Waals surface area contributed by atoms with E-state index in [1.807, 2.05) is 38.1 Å². The van der Waals surface area contributed by atoms with Crippen LogP contribution in [0, 0.1) is 13.8 Å². The molecule has 2 aromatic rings. The molecule has 0 aliphatic carbocycles. The van der Waals surface area contributed by atoms with Crippen LogP contribution in [0.2, 0.25) is 0 Å². The van der Waals surface area contributed by atoms with Gasteiger partial charge in [0, 0.05) is 12.1 Å². The molecule has 1 heterocycles. The van der Waals surface area contributed by atoms with Crippen molar-refractivity contribution in [3.8, 4) is 6.01 Å². The lowest BCUT2D eigenvalue weighted by atomic mass is 10.1. The fraction of sp³-hybridized carbons (Fsp3) is 0.308. The number of anilines is 1. The van der Waals surface area contributed by atoms with E-state index in [1.165, 1.54) is 0 Å². The Morgan fingerprint density at radius 1 is 1.11 bits per heavy atom. The monoisotopic (exact) mass is 244 g/mol. The van der Waals surface area contributed by atoms with Crippen LogP contribution < -0.4 is 10.5 Å². The van der Waals surface area contributed by atoms with Gasteiger partial charge in [-0.3, -0.25) is 0 Å². The Morgan fingerprint density at radius 3 is 2.61 bits per heavy atom. The van der Waals surface area contributed by atoms with Crippen molar-refractivity contribution in [2.75, 3.05) is 12.3 Å². The van der Waals surface area contributed by atoms with Gasteiger partial charge in [-0.1, -0.05) is 23.3 Å². The molecule has 0 bridgehead atoms. The maximum atomic E-state index is 5.84. The number of rotatable bonds is 4. The van der Waals surface area contributed by atoms with Gasteiger partial charge in [0.25, 0.3) is 0 Å². The van der Waals surface area contributed by atoms with Crippen molar-refractivity contribution in [2.45, 2.75) is 20.3 Å². The lowest BCUT2D eigenvalue weighted by Crippen LogP contribution is -2.08. The SMILES string of the molecule is Cc1nnc(OCCc2ccccc2N)nc1C. The van der Waals surface area contributed by atoms with Gasteiger partial charge in [0.2, 0.25) is 0 Å². The van der Waals surface area contributed by atoms with Crippen LogP contribution >= 0.6 is 0 Å². The molecular weight excluding hydrogens is 228 g/mol. The molecule has 18 heavy (non-hydrogen) atoms. The molecule has 2 N–H and O–H groups in total. The lowest BCUT2D eigenvalue weighted by molar-refractivity contribution is 0.291. The Kier molecular flexibility index (Phi) is 3.72. The van der Waals surface area contributed by atoms with Gasteiger partial charge in [-0.05, 0) is 25.5 Å². The highest BCUT2D eigenvalue weighted by molar-refractivity contribution is 5.46. The van der Waals surface area contributed by atoms with Crippen molar-refractivity contribution in [3.63, 3.8) is 0 Å². The number of nitrogen functional groups attached to an aromatic ring is 1. The first-order chi connectivity index (χ1) is 8.66. The van der Waals surface area contributed by atoms with E-state index in [0.29, 0.717) is 12.6 Å². The number of nitrogens with zero attached hydrogens (tertiary/aromatic N) is 3. The third kappa shape index (κ3) is 2.94. The zero-order valence-electron chi connectivity index (χ0n) is 10.6. The van der Waals surface area contributed by atoms with Crippen LogP contribution in [0.3, 0.4) is 0 Å². The number of ether oxygens (including phenoxy) is 1. The van der Waals surface area contributed by atoms with E-state index in [1.54, 1.807) is 0 Å². The van der Waals surface area contributed by atoms with E-state index in [-0.39, 0.29) is 0 Å². The standard InChI is InChI=1S/C13H16N4O/c1-9-10(2)16-17-13(15-9)18-8-7-11-5-3-4-6-12(11)14/h3-6H,7-8,14H2,1-2H3. The minimum Gasteiger partial charge on any atom is -0.462 e. The summed E-state index contributed by atoms with van der Waals surface area (Å²) in [5.74, 6) is 0. The van der Waals surface area contributed by atoms with Crippen molar-refractivity contribution < 1.29 is 4.74 Å². The average Bonchev–Trinajstić information content (AvgIpc) is 2.36. The second-order valence-electron chi connectivity index (χ2n) is 4.06. The van der Waals surface area contributed by atoms with Gasteiger partial charge in [0.15, 0.2) is 0 Å². The highest BCUT2D eigenvalue weighted by Crippen LogP contribution is 2.11. The first kappa shape index (κ1) is 12.3. The fourth-order valence-corrected chi connectivity index (χ4v) is 1.51. The summed E-state index contributed by atoms with van der Waals surface area (Å²) in [6.45, 7) is 4.23. The molecule has 0 spiro atoms. The van der Waals surface area contributed by atoms with Crippen LogP contribution in [0.15, 0.2) is 24.3 Å². The number of para-hydroxylation sites is 1. The first-order valence-corrected chi connectivity index (χ1v) is 5.81. The number of hydrogen-bond acceptors (Lipinski definition) is 5. The largest absolute Gasteiger partial charge is 0.462 e. The predicted octanol–water partition coefficient (Wildman–Crippen LogP) is 1.69. The summed E-state index contributed by atoms with van der Waals surface area (Å²) in [6.07, 6.45) is 0.725. The maximum Gasteiger partial charge on any atom is 0.335 e. The Bertz CT molecular complexity index is 542. The summed E-state index contributed by atoms with van der Waals surface area (Å²) in [7, 11) is 0. The highest BCUT2D eigenvalue weighted by atomic mass is 16.5. The molecule has 0 saturated heterocycles. The van der Waals surface area contributed by atoms with Gasteiger partial charge in [-0.15, -0.1) is 5.10 Å². The Morgan fingerprint density at radius 2 is 1.89 bits per heavy atom. The Labute approximate surface area is 106 Å². The second-order valence-corrected chi connectivity index (χ2v) is 4.06. The molecule has 0 aliphatic rings. The van der Waals surface area contributed by atoms with Crippen LogP contribution in [-0.4, -0.2) is 21.8 Å². The summed E-state index contributed by atoms with van der Waals surface area (Å²) < 4.78 is 5.46. The molecule has 0 amide bonds. The zero-order chi connectivity index (χ0) is 13.0. The van der Waals surface area contributed by atoms with Crippen LogP contribution in [0.5, 0.6) is 6.01 Å². The quantitative estimate of drug-likeness (QED) is 0.828. The number of benzene rings is 1. The molecule has 5 nitrogen and oxygen atoms in total. The first-order valence-electron chi connectivity index (χ1n) is 5.81. The fourth-order valence-electron chi connectivity index (χ4n) is 1.51. The minimum absolute atomic E-state index is 0.313. The predicted molar refractivity (Wildman–Crippen MR) is 69.4 cm³/mol. The lowest BCUT2D eigenvalue weighted by Gasteiger charge is -2.07. The second kappa shape index (κ2) is 5.44. The third-order valence-corrected chi connectivity index (χ3v) is 2.73. The van der Waals surface area contributed by atoms with E-state index in [2.05, 4.69) is 15.2 Å². The van der Waals surface area contributed by atoms with E-state index >= 15 is 0 Å². The van der Waals surface area contributed by atoms with Gasteiger partial charge in [-0.25, -0.2) is 0 Å². The maximum absolute atomic E-state index is 5.84. The van der Waals surface area contributed by atoms with Crippen LogP contribution in [0.25, 0.3) is 0 Å². The molecule has 0 saturated carbocycles. The van der Waals surface area contributed by atoms with E-state index in [4.69, 9.17) is 10.5 Å². The van der Waals surface area contributed by atoms with E-state index in [9.17, 15) is 0 Å². The summed E-state index contributed by atoms with van der Waals surface area (Å²) in [5.41, 5.74) is 9.33. The normalized spacial score (nSPS) is 10.3. The van der Waals surface area contributed by atoms with Crippen LogP contribution in [-0.2, 0) is 6.42 Å². The topological polar surface area (TPSA) is 73.9 Å². The number of nitrogens with two attached hydrogens (primary N) is 1. The van der Waals surface area contributed by atoms with Crippen LogP contribution in [0.1, 0.15) is 17.0 Å². The number of aromatic nitrogens is 3. The molecule has 2 rings (SSSR count). The molecular formula is C13H16N4O. The number of hydrogen-bond donors (Lipinski definition) is 1. The van der Waals surface area contributed by atoms with Crippen molar-refractivity contribution in [3.05, 3.63) is 41.2 Å². The Balaban J connectivity index is 1.92. The Hall–Kier alpha value is -2.17. The third-order valence-electron chi connectivity index (χ3n) is 2.73. The number of aryl methyl sites for hydroxylation is 2. The summed E-state index contributed by atoms with van der Waals surface area (Å²) in [5, 5.41) is 7.84. The molecule has 5 heteroatoms. The summed E-state index contributed by atoms with van der Waals surface area (Å²) in [4.78, 5) is 4.20. The molecule has 94 valence electrons. The molecule has 0 fully saturated rings. The van der Waals surface area contributed by atoms with E-state index < -0.39 is 0 Å². The molecule has 0 unspecified atom stereocenters.